The average Bonchev–Trinajstić information content (AvgIpc) is 3.53. The standard InChI is InChI=1S/2C20H21.C2H7Si.2ClH.Zr/c2*1-14-12-16-6-5-7-18(19(16)13-14)15-8-10-17(11-9-15)20(2,3)4;1-3-2;;;/h2*5-13H,1-4H3;3H,1-2H3;2*1H;/q;;;;;+2/p-2. The number of hydrogen-bond acceptors (Lipinski definition) is 0. The van der Waals surface area contributed by atoms with Gasteiger partial charge >= 0.3 is 272 Å². The molecule has 2 aliphatic carbocycles. The summed E-state index contributed by atoms with van der Waals surface area (Å²) < 4.78 is 0.186. The first kappa shape index (κ1) is 35.3. The fourth-order valence-corrected chi connectivity index (χ4v) is 21.4. The van der Waals surface area contributed by atoms with Crippen molar-refractivity contribution in [3.8, 4) is 22.3 Å². The molecular formula is C42H49Cl2SiZr. The van der Waals surface area contributed by atoms with E-state index in [0.717, 1.165) is 9.52 Å². The van der Waals surface area contributed by atoms with Crippen molar-refractivity contribution in [3.63, 3.8) is 0 Å². The molecule has 0 nitrogen and oxygen atoms in total. The molecule has 0 spiro atoms. The number of hydrogen-bond donors (Lipinski definition) is 0. The molecule has 0 aliphatic heterocycles. The van der Waals surface area contributed by atoms with E-state index >= 15 is 0 Å². The van der Waals surface area contributed by atoms with Gasteiger partial charge in [-0.05, 0) is 0 Å². The van der Waals surface area contributed by atoms with Gasteiger partial charge in [0.05, 0.1) is 0 Å². The number of fused-ring (bicyclic) bond motifs is 2. The maximum Gasteiger partial charge on any atom is 0.0213 e. The molecule has 6 rings (SSSR count). The summed E-state index contributed by atoms with van der Waals surface area (Å²) in [5, 5.41) is 0. The SMILES string of the molecule is CC1=Cc2c(-c3ccc(C(C)(C)C)cc3)cccc2[CH]1[Zr]([Cl])([Cl])[CH]1C(C)=Cc2c(-c3ccc(C(C)(C)C)cc3)cccc21.C[SiH]C. The molecule has 2 unspecified atom stereocenters. The Hall–Kier alpha value is -1.96. The van der Waals surface area contributed by atoms with Crippen molar-refractivity contribution < 1.29 is 17.9 Å². The minimum Gasteiger partial charge on any atom is -0.0743 e. The molecule has 0 aromatic heterocycles. The molecule has 1 radical (unpaired) electrons. The van der Waals surface area contributed by atoms with Gasteiger partial charge in [-0.25, -0.2) is 0 Å². The summed E-state index contributed by atoms with van der Waals surface area (Å²) in [6, 6.07) is 31.5. The first-order valence-corrected chi connectivity index (χ1v) is 28.0. The number of allylic oxidation sites excluding steroid dienone is 2. The molecule has 0 saturated carbocycles. The summed E-state index contributed by atoms with van der Waals surface area (Å²) in [5.41, 5.74) is 15.7. The van der Waals surface area contributed by atoms with Crippen LogP contribution < -0.4 is 0 Å². The van der Waals surface area contributed by atoms with Crippen LogP contribution in [0.2, 0.25) is 13.1 Å². The van der Waals surface area contributed by atoms with Crippen LogP contribution in [0, 0.1) is 0 Å². The minimum atomic E-state index is -3.96. The van der Waals surface area contributed by atoms with Gasteiger partial charge in [-0.1, -0.05) is 13.1 Å². The van der Waals surface area contributed by atoms with Gasteiger partial charge in [-0.15, -0.1) is 0 Å². The Morgan fingerprint density at radius 2 is 0.870 bits per heavy atom. The zero-order chi connectivity index (χ0) is 33.6. The number of benzene rings is 4. The maximum atomic E-state index is 7.83. The quantitative estimate of drug-likeness (QED) is 0.183. The number of rotatable bonds is 4. The average molecular weight is 744 g/mol. The van der Waals surface area contributed by atoms with Crippen LogP contribution in [0.25, 0.3) is 34.4 Å². The van der Waals surface area contributed by atoms with Crippen molar-refractivity contribution in [1.29, 1.82) is 0 Å². The molecule has 239 valence electrons. The molecule has 0 bridgehead atoms. The van der Waals surface area contributed by atoms with Crippen molar-refractivity contribution in [2.24, 2.45) is 0 Å². The zero-order valence-electron chi connectivity index (χ0n) is 29.2. The van der Waals surface area contributed by atoms with Crippen LogP contribution in [0.15, 0.2) is 96.1 Å². The molecular weight excluding hydrogens is 695 g/mol. The Bertz CT molecular complexity index is 1650. The van der Waals surface area contributed by atoms with Gasteiger partial charge in [0.25, 0.3) is 0 Å². The van der Waals surface area contributed by atoms with Crippen molar-refractivity contribution >= 4 is 38.7 Å². The monoisotopic (exact) mass is 741 g/mol. The molecule has 2 atom stereocenters. The van der Waals surface area contributed by atoms with Crippen molar-refractivity contribution in [2.45, 2.75) is 86.6 Å². The Labute approximate surface area is 292 Å². The molecule has 2 aliphatic rings. The third kappa shape index (κ3) is 6.80. The summed E-state index contributed by atoms with van der Waals surface area (Å²) in [7, 11) is 16.4. The van der Waals surface area contributed by atoms with Crippen LogP contribution >= 0.6 is 17.0 Å². The maximum absolute atomic E-state index is 7.83. The molecule has 4 aromatic carbocycles. The molecule has 4 aromatic rings. The Morgan fingerprint density at radius 3 is 1.17 bits per heavy atom. The van der Waals surface area contributed by atoms with Gasteiger partial charge in [0.2, 0.25) is 0 Å². The topological polar surface area (TPSA) is 0 Å². The van der Waals surface area contributed by atoms with Gasteiger partial charge in [-0.2, -0.15) is 0 Å². The second-order valence-corrected chi connectivity index (χ2v) is 31.0. The Kier molecular flexibility index (Phi) is 10.4. The third-order valence-corrected chi connectivity index (χ3v) is 22.2. The van der Waals surface area contributed by atoms with Crippen LogP contribution in [0.3, 0.4) is 0 Å². The van der Waals surface area contributed by atoms with Gasteiger partial charge in [0, 0.05) is 9.52 Å². The molecule has 46 heavy (non-hydrogen) atoms. The van der Waals surface area contributed by atoms with E-state index in [2.05, 4.69) is 166 Å². The predicted molar refractivity (Wildman–Crippen MR) is 205 cm³/mol. The first-order valence-electron chi connectivity index (χ1n) is 16.6. The largest absolute Gasteiger partial charge is 0.0743 e. The minimum absolute atomic E-state index is 0.0930. The Morgan fingerprint density at radius 1 is 0.543 bits per heavy atom. The van der Waals surface area contributed by atoms with Gasteiger partial charge in [0.15, 0.2) is 0 Å². The zero-order valence-corrected chi connectivity index (χ0v) is 34.4. The molecule has 4 heteroatoms. The van der Waals surface area contributed by atoms with E-state index < -0.39 is 17.9 Å². The second kappa shape index (κ2) is 13.5. The van der Waals surface area contributed by atoms with Gasteiger partial charge < -0.3 is 0 Å². The number of halogens is 2. The molecule has 0 heterocycles. The van der Waals surface area contributed by atoms with E-state index in [1.54, 1.807) is 0 Å². The van der Waals surface area contributed by atoms with Crippen LogP contribution in [0.1, 0.15) is 96.0 Å². The smallest absolute Gasteiger partial charge is 0.0213 e. The first-order chi connectivity index (χ1) is 21.6. The van der Waals surface area contributed by atoms with Crippen LogP contribution in [-0.4, -0.2) is 9.52 Å². The van der Waals surface area contributed by atoms with Crippen LogP contribution in [0.4, 0.5) is 0 Å². The summed E-state index contributed by atoms with van der Waals surface area (Å²) in [5.74, 6) is 0. The van der Waals surface area contributed by atoms with Crippen LogP contribution in [-0.2, 0) is 28.7 Å². The molecule has 0 N–H and O–H groups in total. The molecule has 0 saturated heterocycles. The van der Waals surface area contributed by atoms with E-state index in [0.29, 0.717) is 0 Å². The summed E-state index contributed by atoms with van der Waals surface area (Å²) in [4.78, 5) is 0. The fraction of sp³-hybridized carbons (Fsp3) is 0.333. The van der Waals surface area contributed by atoms with Crippen LogP contribution in [0.5, 0.6) is 0 Å². The van der Waals surface area contributed by atoms with Crippen molar-refractivity contribution in [1.82, 2.24) is 0 Å². The molecule has 0 fully saturated rings. The second-order valence-electron chi connectivity index (χ2n) is 15.2. The predicted octanol–water partition coefficient (Wildman–Crippen LogP) is 13.2. The third-order valence-electron chi connectivity index (χ3n) is 9.45. The van der Waals surface area contributed by atoms with E-state index in [9.17, 15) is 0 Å². The van der Waals surface area contributed by atoms with E-state index in [1.165, 1.54) is 66.8 Å². The van der Waals surface area contributed by atoms with E-state index in [-0.39, 0.29) is 18.1 Å². The summed E-state index contributed by atoms with van der Waals surface area (Å²) >= 11 is -3.96. The fourth-order valence-electron chi connectivity index (χ4n) is 7.10. The summed E-state index contributed by atoms with van der Waals surface area (Å²) in [6.07, 6.45) is 4.71. The summed E-state index contributed by atoms with van der Waals surface area (Å²) in [6.45, 7) is 22.4. The normalized spacial score (nSPS) is 17.5. The van der Waals surface area contributed by atoms with Gasteiger partial charge in [-0.3, -0.25) is 0 Å². The van der Waals surface area contributed by atoms with Crippen molar-refractivity contribution in [2.75, 3.05) is 0 Å². The van der Waals surface area contributed by atoms with Gasteiger partial charge in [0.1, 0.15) is 0 Å². The van der Waals surface area contributed by atoms with E-state index in [1.807, 2.05) is 0 Å². The van der Waals surface area contributed by atoms with E-state index in [4.69, 9.17) is 17.0 Å². The Balaban J connectivity index is 0.00000134. The van der Waals surface area contributed by atoms with Crippen molar-refractivity contribution in [3.05, 3.63) is 129 Å². The molecule has 0 amide bonds.